The molecule has 0 atom stereocenters. The fraction of sp³-hybridized carbons (Fsp3) is 0.340. The van der Waals surface area contributed by atoms with Crippen LogP contribution < -0.4 is 40.8 Å². The Hall–Kier alpha value is -14.8. The van der Waals surface area contributed by atoms with E-state index < -0.39 is 65.5 Å². The van der Waals surface area contributed by atoms with Crippen LogP contribution in [-0.2, 0) is 24.0 Å². The van der Waals surface area contributed by atoms with Gasteiger partial charge < -0.3 is 14.2 Å². The molecule has 5 N–H and O–H groups in total. The number of ether oxygens (including phenoxy) is 3. The lowest BCUT2D eigenvalue weighted by Gasteiger charge is -2.37. The van der Waals surface area contributed by atoms with E-state index >= 15 is 0 Å². The van der Waals surface area contributed by atoms with Crippen molar-refractivity contribution in [2.45, 2.75) is 206 Å². The Balaban J connectivity index is 0.000000143. The lowest BCUT2D eigenvalue weighted by Crippen LogP contribution is -2.31. The molecule has 5 amide bonds. The highest BCUT2D eigenvalue weighted by Crippen LogP contribution is 2.47. The van der Waals surface area contributed by atoms with E-state index in [1.807, 2.05) is 149 Å². The van der Waals surface area contributed by atoms with Crippen LogP contribution in [0.2, 0.25) is 0 Å². The topological polar surface area (TPSA) is 262 Å². The third-order valence-corrected chi connectivity index (χ3v) is 24.5. The molecule has 3 aliphatic carbocycles. The van der Waals surface area contributed by atoms with E-state index in [1.54, 1.807) is 31.9 Å². The van der Waals surface area contributed by atoms with Gasteiger partial charge in [0.2, 0.25) is 59.3 Å². The Kier molecular flexibility index (Phi) is 30.4. The molecule has 0 aliphatic heterocycles. The number of amides is 5. The molecule has 3 fully saturated rings. The van der Waals surface area contributed by atoms with Gasteiger partial charge in [-0.2, -0.15) is 0 Å². The van der Waals surface area contributed by atoms with Crippen molar-refractivity contribution in [2.75, 3.05) is 26.6 Å². The van der Waals surface area contributed by atoms with Crippen LogP contribution in [0.5, 0.6) is 17.2 Å². The molecule has 0 radical (unpaired) electrons. The van der Waals surface area contributed by atoms with Crippen LogP contribution in [0.3, 0.4) is 0 Å². The van der Waals surface area contributed by atoms with Crippen LogP contribution in [-0.4, -0.2) is 96.4 Å². The lowest BCUT2D eigenvalue weighted by atomic mass is 9.68. The van der Waals surface area contributed by atoms with Crippen LogP contribution in [0.4, 0.5) is 95.6 Å². The summed E-state index contributed by atoms with van der Waals surface area (Å²) in [6.07, 6.45) is -3.64. The number of aryl methyl sites for hydroxylation is 5. The van der Waals surface area contributed by atoms with Gasteiger partial charge in [0.1, 0.15) is 17.4 Å². The molecule has 0 bridgehead atoms. The lowest BCUT2D eigenvalue weighted by molar-refractivity contribution is -0.276. The molecular weight excluding hydrogens is 1900 g/mol. The van der Waals surface area contributed by atoms with E-state index in [9.17, 15) is 89.8 Å². The molecule has 23 nitrogen and oxygen atoms in total. The van der Waals surface area contributed by atoms with Gasteiger partial charge in [-0.1, -0.05) is 112 Å². The highest BCUT2D eigenvalue weighted by Gasteiger charge is 2.40. The molecule has 3 aliphatic rings. The zero-order valence-corrected chi connectivity index (χ0v) is 81.2. The minimum absolute atomic E-state index is 0.0219. The Morgan fingerprint density at radius 2 is 0.556 bits per heavy atom. The number of hydrogen-bond acceptors (Lipinski definition) is 13. The van der Waals surface area contributed by atoms with Gasteiger partial charge in [0.05, 0.1) is 77.9 Å². The molecule has 0 saturated heterocycles. The minimum Gasteiger partial charge on any atom is -0.406 e. The van der Waals surface area contributed by atoms with E-state index in [0.29, 0.717) is 92.7 Å². The molecule has 3 saturated carbocycles. The highest BCUT2D eigenvalue weighted by molar-refractivity contribution is 5.97. The number of anilines is 5. The van der Waals surface area contributed by atoms with E-state index in [0.717, 1.165) is 134 Å². The number of nitrogens with zero attached hydrogens (tertiary/aromatic N) is 10. The number of alkyl halides is 9. The summed E-state index contributed by atoms with van der Waals surface area (Å²) in [4.78, 5) is 85.1. The third-order valence-electron chi connectivity index (χ3n) is 24.5. The van der Waals surface area contributed by atoms with Gasteiger partial charge >= 0.3 is 19.1 Å². The summed E-state index contributed by atoms with van der Waals surface area (Å²) in [5, 5.41) is 14.1. The normalized spacial score (nSPS) is 14.2. The van der Waals surface area contributed by atoms with Gasteiger partial charge in [-0.05, 0) is 261 Å². The molecule has 0 unspecified atom stereocenters. The van der Waals surface area contributed by atoms with Crippen molar-refractivity contribution < 1.29 is 104 Å². The van der Waals surface area contributed by atoms with Crippen molar-refractivity contribution in [3.8, 4) is 45.7 Å². The molecule has 5 heterocycles. The summed E-state index contributed by atoms with van der Waals surface area (Å²) in [7, 11) is 0. The van der Waals surface area contributed by atoms with Gasteiger partial charge in [0.25, 0.3) is 0 Å². The Morgan fingerprint density at radius 1 is 0.299 bits per heavy atom. The number of halogens is 15. The summed E-state index contributed by atoms with van der Waals surface area (Å²) < 4.78 is 215. The summed E-state index contributed by atoms with van der Waals surface area (Å²) in [5.41, 5.74) is 12.4. The zero-order chi connectivity index (χ0) is 104. The zero-order valence-electron chi connectivity index (χ0n) is 81.2. The second kappa shape index (κ2) is 41.7. The van der Waals surface area contributed by atoms with E-state index in [4.69, 9.17) is 0 Å². The summed E-state index contributed by atoms with van der Waals surface area (Å²) in [6.45, 7) is 27.4. The van der Waals surface area contributed by atoms with Crippen LogP contribution in [0.15, 0.2) is 188 Å². The largest absolute Gasteiger partial charge is 0.573 e. The van der Waals surface area contributed by atoms with Crippen LogP contribution >= 0.6 is 0 Å². The maximum Gasteiger partial charge on any atom is 0.573 e. The Labute approximate surface area is 818 Å². The number of imidazole rings is 5. The first kappa shape index (κ1) is 105. The molecule has 758 valence electrons. The van der Waals surface area contributed by atoms with E-state index in [-0.39, 0.29) is 110 Å². The van der Waals surface area contributed by atoms with E-state index in [1.165, 1.54) is 63.7 Å². The Bertz CT molecular complexity index is 7340. The number of fused-ring (bicyclic) bond motifs is 5. The smallest absolute Gasteiger partial charge is 0.406 e. The number of rotatable bonds is 21. The van der Waals surface area contributed by atoms with Crippen LogP contribution in [0.1, 0.15) is 180 Å². The van der Waals surface area contributed by atoms with Crippen LogP contribution in [0, 0.1) is 96.6 Å². The fourth-order valence-corrected chi connectivity index (χ4v) is 17.3. The SMILES string of the molecule is Cc1ccc2nc(NC(=O)CC(C)(C)C)n(-c3ccc(F)c(F)c3)c2c1.Cc1ccc2nc(NC(=O)CC(C)(C)C)n(-c3ccc(OC(F)(F)F)c(F)c3)c2c1.Cc1ccc2nc(NC(=O)CC3(C)CCC3)n(-c3cc(F)cc(F)c3)c2c1.Cc1ccc2nc(NC(=O)CC3(C)CCC3)n(-c3ccc(OC(F)(F)F)c(F)c3)c2c1.Cc1ccc2nc(NC(=O)CC3(C)CCC3)n(-c3ccc(OC(F)(F)F)cc3)c2c1. The van der Waals surface area contributed by atoms with Crippen molar-refractivity contribution in [3.63, 3.8) is 0 Å². The first-order chi connectivity index (χ1) is 67.4. The number of hydrogen-bond donors (Lipinski definition) is 5. The molecule has 10 aromatic carbocycles. The molecule has 18 rings (SSSR count). The number of benzene rings is 10. The predicted octanol–water partition coefficient (Wildman–Crippen LogP) is 27.5. The number of aromatic nitrogens is 10. The quantitative estimate of drug-likeness (QED) is 0.0420. The molecule has 144 heavy (non-hydrogen) atoms. The standard InChI is InChI=1S/C22H21F4N3O2.C22H22F3N3O2.C21H21F4N3O2.C21H21F2N3O.C20H21F2N3O/c1-13-4-6-16-17(10-13)29(14-5-7-18(15(23)11-14)31-22(24,25)26)20(27-16)28-19(30)12-21(2)8-3-9-21;1-14-4-9-17-18(12-14)28(15-5-7-16(8-6-15)30-22(23,24)25)20(26-17)27-19(29)13-21(2)10-3-11-21;1-12-5-7-15-16(9-12)28(19(26-15)27-18(29)11-20(2,3)4)13-6-8-17(14(22)10-13)30-21(23,24)25;1-13-4-5-17-18(8-13)26(16-10-14(22)9-15(23)11-16)20(24-17)25-19(27)12-21(2)6-3-7-21;1-12-5-8-16-17(9-12)25(13-6-7-14(21)15(22)10-13)19(23-16)24-18(26)11-20(2,3)4/h4-7,10-11H,3,8-9,12H2,1-2H3,(H,27,28,30);4-9,12H,3,10-11,13H2,1-2H3,(H,26,27,29);5-10H,11H2,1-4H3,(H,26,27,29);4-5,8-11H,3,6-7,12H2,1-2H3,(H,24,25,27);5-10H,11H2,1-4H3,(H,23,24,26). The first-order valence-corrected chi connectivity index (χ1v) is 46.3. The number of carbonyl (C=O) groups excluding carboxylic acids is 5. The van der Waals surface area contributed by atoms with Crippen molar-refractivity contribution in [3.05, 3.63) is 251 Å². The maximum absolute atomic E-state index is 14.4. The van der Waals surface area contributed by atoms with Crippen molar-refractivity contribution in [1.29, 1.82) is 0 Å². The molecule has 5 aromatic heterocycles. The van der Waals surface area contributed by atoms with Gasteiger partial charge in [-0.3, -0.25) is 73.4 Å². The third kappa shape index (κ3) is 26.8. The van der Waals surface area contributed by atoms with Gasteiger partial charge in [-0.15, -0.1) is 39.5 Å². The monoisotopic (exact) mass is 2000 g/mol. The number of nitrogens with one attached hydrogen (secondary N) is 5. The van der Waals surface area contributed by atoms with Gasteiger partial charge in [-0.25, -0.2) is 51.3 Å². The number of carbonyl (C=O) groups is 5. The van der Waals surface area contributed by atoms with Crippen LogP contribution in [0.25, 0.3) is 83.6 Å². The average Bonchev–Trinajstić information content (AvgIpc) is 1.64. The molecular formula is C106H106F15N15O8. The maximum atomic E-state index is 14.4. The Morgan fingerprint density at radius 3 is 0.812 bits per heavy atom. The predicted molar refractivity (Wildman–Crippen MR) is 520 cm³/mol. The fourth-order valence-electron chi connectivity index (χ4n) is 17.3. The summed E-state index contributed by atoms with van der Waals surface area (Å²) in [6, 6.07) is 46.3. The molecule has 0 spiro atoms. The second-order valence-electron chi connectivity index (χ2n) is 40.1. The molecule has 15 aromatic rings. The average molecular weight is 2000 g/mol. The summed E-state index contributed by atoms with van der Waals surface area (Å²) >= 11 is 0. The summed E-state index contributed by atoms with van der Waals surface area (Å²) in [5.74, 6) is -7.51. The van der Waals surface area contributed by atoms with E-state index in [2.05, 4.69) is 86.5 Å². The van der Waals surface area contributed by atoms with Gasteiger partial charge in [0.15, 0.2) is 34.8 Å². The second-order valence-corrected chi connectivity index (χ2v) is 40.1. The molecule has 38 heteroatoms. The van der Waals surface area contributed by atoms with Crippen molar-refractivity contribution >= 4 is 114 Å². The first-order valence-electron chi connectivity index (χ1n) is 46.3. The highest BCUT2D eigenvalue weighted by atomic mass is 19.4. The van der Waals surface area contributed by atoms with Crippen molar-refractivity contribution in [1.82, 2.24) is 47.8 Å². The van der Waals surface area contributed by atoms with Gasteiger partial charge in [0, 0.05) is 62.1 Å². The van der Waals surface area contributed by atoms with Crippen molar-refractivity contribution in [2.24, 2.45) is 27.1 Å². The minimum atomic E-state index is -5.01.